The Labute approximate surface area is 308 Å². The number of aromatic nitrogens is 6. The summed E-state index contributed by atoms with van der Waals surface area (Å²) >= 11 is 0. The van der Waals surface area contributed by atoms with Gasteiger partial charge in [-0.3, -0.25) is 10.7 Å². The van der Waals surface area contributed by atoms with E-state index < -0.39 is 18.3 Å². The molecule has 0 aliphatic rings. The zero-order valence-corrected chi connectivity index (χ0v) is 28.7. The van der Waals surface area contributed by atoms with E-state index in [0.29, 0.717) is 0 Å². The molecule has 276 valence electrons. The molecule has 0 saturated carbocycles. The Morgan fingerprint density at radius 1 is 0.574 bits per heavy atom. The zero-order valence-electron chi connectivity index (χ0n) is 28.7. The van der Waals surface area contributed by atoms with E-state index >= 15 is 0 Å². The molecule has 0 bridgehead atoms. The number of nitrogens with one attached hydrogen (secondary N) is 2. The van der Waals surface area contributed by atoms with Crippen molar-refractivity contribution in [2.24, 2.45) is 21.5 Å². The second-order valence-corrected chi connectivity index (χ2v) is 10.4. The average molecular weight is 733 g/mol. The quantitative estimate of drug-likeness (QED) is 0.106. The van der Waals surface area contributed by atoms with Crippen molar-refractivity contribution in [2.75, 3.05) is 0 Å². The van der Waals surface area contributed by atoms with E-state index in [9.17, 15) is 14.4 Å². The number of amides is 3. The third-order valence-electron chi connectivity index (χ3n) is 6.45. The van der Waals surface area contributed by atoms with E-state index in [2.05, 4.69) is 30.6 Å². The predicted molar refractivity (Wildman–Crippen MR) is 197 cm³/mol. The summed E-state index contributed by atoms with van der Waals surface area (Å²) < 4.78 is 19.0. The number of rotatable bonds is 6. The van der Waals surface area contributed by atoms with Crippen LogP contribution in [-0.2, 0) is 34.0 Å². The smallest absolute Gasteiger partial charge is 0.437 e. The van der Waals surface area contributed by atoms with E-state index in [1.165, 1.54) is 32.6 Å². The topological polar surface area (TPSA) is 245 Å². The summed E-state index contributed by atoms with van der Waals surface area (Å²) in [6.07, 6.45) is 6.95. The lowest BCUT2D eigenvalue weighted by Gasteiger charge is -2.09. The van der Waals surface area contributed by atoms with Gasteiger partial charge in [-0.15, -0.1) is 9.98 Å². The number of nitrogen functional groups attached to an aromatic ring is 1. The SMILES string of the molecule is N=C(N)n1cccn1.NC(=NC(=O)OCc1ccccc1)n1cccn1.O=C(N=C(NC(=O)OCc1ccccc1)n1cccn1)OCc1ccccc1. The van der Waals surface area contributed by atoms with E-state index in [1.807, 2.05) is 91.0 Å². The summed E-state index contributed by atoms with van der Waals surface area (Å²) in [6, 6.07) is 32.8. The van der Waals surface area contributed by atoms with Crippen LogP contribution >= 0.6 is 0 Å². The monoisotopic (exact) mass is 732 g/mol. The largest absolute Gasteiger partial charge is 0.444 e. The van der Waals surface area contributed by atoms with E-state index in [0.717, 1.165) is 16.7 Å². The van der Waals surface area contributed by atoms with Gasteiger partial charge in [0, 0.05) is 37.2 Å². The lowest BCUT2D eigenvalue weighted by Crippen LogP contribution is -2.37. The Balaban J connectivity index is 0.000000212. The van der Waals surface area contributed by atoms with Crippen LogP contribution in [0.1, 0.15) is 16.7 Å². The van der Waals surface area contributed by atoms with Crippen LogP contribution in [0, 0.1) is 5.41 Å². The fraction of sp³-hybridized carbons (Fsp3) is 0.0833. The van der Waals surface area contributed by atoms with Crippen LogP contribution in [0.25, 0.3) is 0 Å². The molecule has 0 fully saturated rings. The second-order valence-electron chi connectivity index (χ2n) is 10.4. The molecular formula is C36H36N12O6. The van der Waals surface area contributed by atoms with Crippen LogP contribution < -0.4 is 16.8 Å². The minimum absolute atomic E-state index is 0.0296. The normalized spacial score (nSPS) is 10.7. The van der Waals surface area contributed by atoms with Gasteiger partial charge >= 0.3 is 18.3 Å². The Kier molecular flexibility index (Phi) is 15.4. The van der Waals surface area contributed by atoms with Crippen molar-refractivity contribution in [3.63, 3.8) is 0 Å². The molecule has 0 atom stereocenters. The van der Waals surface area contributed by atoms with Gasteiger partial charge in [0.15, 0.2) is 0 Å². The van der Waals surface area contributed by atoms with Gasteiger partial charge in [-0.25, -0.2) is 28.4 Å². The van der Waals surface area contributed by atoms with Crippen LogP contribution in [0.2, 0.25) is 0 Å². The van der Waals surface area contributed by atoms with Gasteiger partial charge in [0.25, 0.3) is 0 Å². The number of carbonyl (C=O) groups is 3. The fourth-order valence-corrected chi connectivity index (χ4v) is 3.93. The number of benzene rings is 3. The van der Waals surface area contributed by atoms with Crippen LogP contribution in [0.4, 0.5) is 14.4 Å². The number of aliphatic imine (C=N–C) groups is 2. The summed E-state index contributed by atoms with van der Waals surface area (Å²) in [4.78, 5) is 42.8. The van der Waals surface area contributed by atoms with Gasteiger partial charge in [-0.2, -0.15) is 15.3 Å². The first kappa shape index (κ1) is 38.9. The third kappa shape index (κ3) is 14.2. The molecule has 3 amide bonds. The average Bonchev–Trinajstić information content (AvgIpc) is 4.02. The lowest BCUT2D eigenvalue weighted by molar-refractivity contribution is 0.144. The Hall–Kier alpha value is -7.89. The summed E-state index contributed by atoms with van der Waals surface area (Å²) in [6.45, 7) is 0.307. The predicted octanol–water partition coefficient (Wildman–Crippen LogP) is 4.36. The number of alkyl carbamates (subject to hydrolysis) is 1. The summed E-state index contributed by atoms with van der Waals surface area (Å²) in [7, 11) is 0. The fourth-order valence-electron chi connectivity index (χ4n) is 3.93. The first-order valence-electron chi connectivity index (χ1n) is 15.9. The maximum Gasteiger partial charge on any atom is 0.437 e. The molecule has 0 spiro atoms. The standard InChI is InChI=1S/C20H18N4O4.C12H12N4O2.C4H6N4/c25-19(27-14-16-8-3-1-4-9-16)22-18(24-13-7-12-21-24)23-20(26)28-15-17-10-5-2-6-11-17;13-11(16-8-4-7-14-16)15-12(17)18-9-10-5-2-1-3-6-10;5-4(6)8-3-1-2-7-8/h1-13H,14-15H2,(H,22,23,25,26);1-8H,9H2,(H2,13,15,17);1-3H,(H3,5,6). The van der Waals surface area contributed by atoms with E-state index in [4.69, 9.17) is 31.1 Å². The summed E-state index contributed by atoms with van der Waals surface area (Å²) in [5.41, 5.74) is 13.1. The molecule has 0 saturated heterocycles. The van der Waals surface area contributed by atoms with Crippen molar-refractivity contribution in [2.45, 2.75) is 19.8 Å². The van der Waals surface area contributed by atoms with E-state index in [1.54, 1.807) is 36.8 Å². The molecule has 3 heterocycles. The van der Waals surface area contributed by atoms with Gasteiger partial charge in [-0.1, -0.05) is 91.0 Å². The van der Waals surface area contributed by atoms with Crippen molar-refractivity contribution >= 4 is 36.2 Å². The summed E-state index contributed by atoms with van der Waals surface area (Å²) in [5.74, 6) is -0.214. The molecule has 0 aliphatic carbocycles. The van der Waals surface area contributed by atoms with Gasteiger partial charge in [0.1, 0.15) is 19.8 Å². The molecule has 0 radical (unpaired) electrons. The van der Waals surface area contributed by atoms with Crippen molar-refractivity contribution in [1.29, 1.82) is 5.41 Å². The van der Waals surface area contributed by atoms with Crippen LogP contribution in [-0.4, -0.2) is 65.5 Å². The molecule has 3 aromatic carbocycles. The summed E-state index contributed by atoms with van der Waals surface area (Å²) in [5, 5.41) is 20.7. The minimum Gasteiger partial charge on any atom is -0.444 e. The lowest BCUT2D eigenvalue weighted by atomic mass is 10.2. The molecule has 6 rings (SSSR count). The van der Waals surface area contributed by atoms with Crippen LogP contribution in [0.3, 0.4) is 0 Å². The van der Waals surface area contributed by atoms with Crippen LogP contribution in [0.15, 0.2) is 156 Å². The zero-order chi connectivity index (χ0) is 38.4. The van der Waals surface area contributed by atoms with Crippen molar-refractivity contribution < 1.29 is 28.6 Å². The molecule has 6 N–H and O–H groups in total. The molecule has 6 aromatic rings. The minimum atomic E-state index is -0.863. The maximum atomic E-state index is 12.1. The Morgan fingerprint density at radius 3 is 1.39 bits per heavy atom. The van der Waals surface area contributed by atoms with Gasteiger partial charge in [-0.05, 0) is 34.9 Å². The highest BCUT2D eigenvalue weighted by molar-refractivity contribution is 5.99. The molecule has 0 aliphatic heterocycles. The van der Waals surface area contributed by atoms with Gasteiger partial charge < -0.3 is 25.7 Å². The van der Waals surface area contributed by atoms with Crippen LogP contribution in [0.5, 0.6) is 0 Å². The number of ether oxygens (including phenoxy) is 3. The van der Waals surface area contributed by atoms with Crippen molar-refractivity contribution in [3.8, 4) is 0 Å². The van der Waals surface area contributed by atoms with Crippen molar-refractivity contribution in [1.82, 2.24) is 34.7 Å². The Bertz CT molecular complexity index is 2070. The van der Waals surface area contributed by atoms with E-state index in [-0.39, 0.29) is 37.7 Å². The first-order valence-corrected chi connectivity index (χ1v) is 15.9. The molecule has 18 heteroatoms. The molecule has 3 aromatic heterocycles. The van der Waals surface area contributed by atoms with Crippen molar-refractivity contribution in [3.05, 3.63) is 163 Å². The maximum absolute atomic E-state index is 12.1. The second kappa shape index (κ2) is 21.4. The van der Waals surface area contributed by atoms with Gasteiger partial charge in [0.05, 0.1) is 0 Å². The number of carbonyl (C=O) groups excluding carboxylic acids is 3. The number of nitrogens with zero attached hydrogens (tertiary/aromatic N) is 8. The third-order valence-corrected chi connectivity index (χ3v) is 6.45. The highest BCUT2D eigenvalue weighted by atomic mass is 16.6. The highest BCUT2D eigenvalue weighted by Gasteiger charge is 2.13. The Morgan fingerprint density at radius 2 is 0.981 bits per heavy atom. The number of hydrogen-bond acceptors (Lipinski definition) is 10. The van der Waals surface area contributed by atoms with Gasteiger partial charge in [0.2, 0.25) is 17.9 Å². The highest BCUT2D eigenvalue weighted by Crippen LogP contribution is 2.04. The molecule has 54 heavy (non-hydrogen) atoms. The molecule has 18 nitrogen and oxygen atoms in total. The number of hydrogen-bond donors (Lipinski definition) is 4. The molecular weight excluding hydrogens is 696 g/mol. The number of nitrogens with two attached hydrogens (primary N) is 2. The molecule has 0 unspecified atom stereocenters. The first-order chi connectivity index (χ1) is 26.3.